The van der Waals surface area contributed by atoms with Gasteiger partial charge in [0.15, 0.2) is 0 Å². The Labute approximate surface area is 94.8 Å². The molecule has 0 bridgehead atoms. The van der Waals surface area contributed by atoms with Gasteiger partial charge in [0.1, 0.15) is 17.1 Å². The van der Waals surface area contributed by atoms with E-state index < -0.39 is 0 Å². The van der Waals surface area contributed by atoms with Crippen molar-refractivity contribution in [3.63, 3.8) is 0 Å². The predicted molar refractivity (Wildman–Crippen MR) is 59.4 cm³/mol. The Hall–Kier alpha value is -1.29. The average Bonchev–Trinajstić information content (AvgIpc) is 2.59. The Bertz CT molecular complexity index is 399. The van der Waals surface area contributed by atoms with Gasteiger partial charge in [-0.2, -0.15) is 0 Å². The van der Waals surface area contributed by atoms with E-state index in [1.54, 1.807) is 13.0 Å². The van der Waals surface area contributed by atoms with Gasteiger partial charge in [-0.1, -0.05) is 6.42 Å². The lowest BCUT2D eigenvalue weighted by molar-refractivity contribution is 0.0599. The number of rotatable bonds is 3. The molecule has 16 heavy (non-hydrogen) atoms. The zero-order valence-corrected chi connectivity index (χ0v) is 9.71. The number of hydrogen-bond donors (Lipinski definition) is 1. The quantitative estimate of drug-likeness (QED) is 0.793. The topological polar surface area (TPSA) is 65.5 Å². The molecule has 4 nitrogen and oxygen atoms in total. The molecular formula is C12H17NO3. The summed E-state index contributed by atoms with van der Waals surface area (Å²) in [6, 6.07) is 1.78. The molecule has 4 heteroatoms. The van der Waals surface area contributed by atoms with Gasteiger partial charge < -0.3 is 14.9 Å². The molecule has 1 aliphatic rings. The highest BCUT2D eigenvalue weighted by Gasteiger charge is 2.41. The summed E-state index contributed by atoms with van der Waals surface area (Å²) in [6.07, 6.45) is 3.25. The summed E-state index contributed by atoms with van der Waals surface area (Å²) in [6.45, 7) is 2.35. The fourth-order valence-electron chi connectivity index (χ4n) is 2.21. The molecule has 0 aliphatic heterocycles. The normalized spacial score (nSPS) is 17.9. The van der Waals surface area contributed by atoms with Crippen LogP contribution in [0.5, 0.6) is 0 Å². The molecule has 0 atom stereocenters. The van der Waals surface area contributed by atoms with E-state index in [0.29, 0.717) is 17.9 Å². The molecule has 0 radical (unpaired) electrons. The van der Waals surface area contributed by atoms with Crippen LogP contribution in [0.4, 0.5) is 0 Å². The molecule has 2 N–H and O–H groups in total. The van der Waals surface area contributed by atoms with Gasteiger partial charge in [-0.25, -0.2) is 4.79 Å². The lowest BCUT2D eigenvalue weighted by Gasteiger charge is -2.38. The standard InChI is InChI=1S/C12H17NO3/c1-8-9(11(14)15-2)6-10(16-8)12(7-13)4-3-5-12/h6H,3-5,7,13H2,1-2H3. The van der Waals surface area contributed by atoms with Crippen LogP contribution in [-0.2, 0) is 10.2 Å². The summed E-state index contributed by atoms with van der Waals surface area (Å²) in [5.74, 6) is 1.10. The molecule has 0 amide bonds. The van der Waals surface area contributed by atoms with Gasteiger partial charge in [-0.05, 0) is 25.8 Å². The van der Waals surface area contributed by atoms with E-state index in [0.717, 1.165) is 18.6 Å². The molecule has 1 aromatic heterocycles. The first-order valence-corrected chi connectivity index (χ1v) is 5.52. The SMILES string of the molecule is COC(=O)c1cc(C2(CN)CCC2)oc1C. The first-order valence-electron chi connectivity index (χ1n) is 5.52. The third kappa shape index (κ3) is 1.53. The molecule has 0 spiro atoms. The fourth-order valence-corrected chi connectivity index (χ4v) is 2.21. The Balaban J connectivity index is 2.33. The van der Waals surface area contributed by atoms with Crippen LogP contribution in [0, 0.1) is 6.92 Å². The monoisotopic (exact) mass is 223 g/mol. The van der Waals surface area contributed by atoms with Gasteiger partial charge in [0.05, 0.1) is 7.11 Å². The van der Waals surface area contributed by atoms with Gasteiger partial charge in [-0.15, -0.1) is 0 Å². The van der Waals surface area contributed by atoms with Crippen LogP contribution in [0.1, 0.15) is 41.1 Å². The summed E-state index contributed by atoms with van der Waals surface area (Å²) in [7, 11) is 1.37. The number of aryl methyl sites for hydroxylation is 1. The molecule has 0 unspecified atom stereocenters. The third-order valence-electron chi connectivity index (χ3n) is 3.55. The predicted octanol–water partition coefficient (Wildman–Crippen LogP) is 1.76. The van der Waals surface area contributed by atoms with Crippen molar-refractivity contribution in [2.75, 3.05) is 13.7 Å². The summed E-state index contributed by atoms with van der Waals surface area (Å²) in [5.41, 5.74) is 6.26. The number of nitrogens with two attached hydrogens (primary N) is 1. The number of furan rings is 1. The molecular weight excluding hydrogens is 206 g/mol. The van der Waals surface area contributed by atoms with E-state index >= 15 is 0 Å². The van der Waals surface area contributed by atoms with Crippen LogP contribution in [-0.4, -0.2) is 19.6 Å². The summed E-state index contributed by atoms with van der Waals surface area (Å²) in [5, 5.41) is 0. The Morgan fingerprint density at radius 3 is 2.75 bits per heavy atom. The summed E-state index contributed by atoms with van der Waals surface area (Å²) < 4.78 is 10.4. The second-order valence-corrected chi connectivity index (χ2v) is 4.41. The molecule has 1 heterocycles. The lowest BCUT2D eigenvalue weighted by atomic mass is 9.67. The molecule has 2 rings (SSSR count). The van der Waals surface area contributed by atoms with Crippen LogP contribution in [0.2, 0.25) is 0 Å². The van der Waals surface area contributed by atoms with Crippen molar-refractivity contribution >= 4 is 5.97 Å². The Morgan fingerprint density at radius 1 is 1.62 bits per heavy atom. The van der Waals surface area contributed by atoms with E-state index in [2.05, 4.69) is 0 Å². The highest BCUT2D eigenvalue weighted by molar-refractivity contribution is 5.90. The minimum atomic E-state index is -0.348. The highest BCUT2D eigenvalue weighted by atomic mass is 16.5. The smallest absolute Gasteiger partial charge is 0.341 e. The van der Waals surface area contributed by atoms with Crippen LogP contribution in [0.25, 0.3) is 0 Å². The van der Waals surface area contributed by atoms with E-state index in [1.807, 2.05) is 0 Å². The summed E-state index contributed by atoms with van der Waals surface area (Å²) in [4.78, 5) is 11.5. The number of hydrogen-bond acceptors (Lipinski definition) is 4. The summed E-state index contributed by atoms with van der Waals surface area (Å²) >= 11 is 0. The zero-order valence-electron chi connectivity index (χ0n) is 9.71. The van der Waals surface area contributed by atoms with Crippen molar-refractivity contribution in [3.05, 3.63) is 23.2 Å². The van der Waals surface area contributed by atoms with Crippen molar-refractivity contribution in [2.24, 2.45) is 5.73 Å². The van der Waals surface area contributed by atoms with Gasteiger partial charge in [0, 0.05) is 12.0 Å². The Morgan fingerprint density at radius 2 is 2.31 bits per heavy atom. The maximum Gasteiger partial charge on any atom is 0.341 e. The number of esters is 1. The van der Waals surface area contributed by atoms with Crippen LogP contribution < -0.4 is 5.73 Å². The molecule has 1 aliphatic carbocycles. The second kappa shape index (κ2) is 3.94. The number of carbonyl (C=O) groups excluding carboxylic acids is 1. The largest absolute Gasteiger partial charge is 0.465 e. The van der Waals surface area contributed by atoms with E-state index in [4.69, 9.17) is 14.9 Å². The molecule has 0 saturated heterocycles. The first-order chi connectivity index (χ1) is 7.63. The van der Waals surface area contributed by atoms with Crippen molar-refractivity contribution < 1.29 is 13.9 Å². The highest BCUT2D eigenvalue weighted by Crippen LogP contribution is 2.44. The van der Waals surface area contributed by atoms with Gasteiger partial charge in [0.2, 0.25) is 0 Å². The van der Waals surface area contributed by atoms with Gasteiger partial charge in [0.25, 0.3) is 0 Å². The zero-order chi connectivity index (χ0) is 11.8. The fraction of sp³-hybridized carbons (Fsp3) is 0.583. The first kappa shape index (κ1) is 11.2. The van der Waals surface area contributed by atoms with Crippen molar-refractivity contribution in [2.45, 2.75) is 31.6 Å². The maximum absolute atomic E-state index is 11.5. The number of methoxy groups -OCH3 is 1. The molecule has 1 aromatic rings. The van der Waals surface area contributed by atoms with Gasteiger partial charge >= 0.3 is 5.97 Å². The van der Waals surface area contributed by atoms with E-state index in [9.17, 15) is 4.79 Å². The maximum atomic E-state index is 11.5. The number of carbonyl (C=O) groups is 1. The van der Waals surface area contributed by atoms with Crippen LogP contribution in [0.3, 0.4) is 0 Å². The lowest BCUT2D eigenvalue weighted by Crippen LogP contribution is -2.41. The average molecular weight is 223 g/mol. The molecule has 1 fully saturated rings. The van der Waals surface area contributed by atoms with E-state index in [1.165, 1.54) is 13.5 Å². The van der Waals surface area contributed by atoms with Crippen LogP contribution in [0.15, 0.2) is 10.5 Å². The van der Waals surface area contributed by atoms with Crippen molar-refractivity contribution in [1.29, 1.82) is 0 Å². The molecule has 0 aromatic carbocycles. The third-order valence-corrected chi connectivity index (χ3v) is 3.55. The van der Waals surface area contributed by atoms with E-state index in [-0.39, 0.29) is 11.4 Å². The van der Waals surface area contributed by atoms with Crippen LogP contribution >= 0.6 is 0 Å². The van der Waals surface area contributed by atoms with Gasteiger partial charge in [-0.3, -0.25) is 0 Å². The van der Waals surface area contributed by atoms with Crippen molar-refractivity contribution in [3.8, 4) is 0 Å². The Kier molecular flexibility index (Phi) is 2.76. The second-order valence-electron chi connectivity index (χ2n) is 4.41. The van der Waals surface area contributed by atoms with Crippen molar-refractivity contribution in [1.82, 2.24) is 0 Å². The number of ether oxygens (including phenoxy) is 1. The molecule has 88 valence electrons. The minimum Gasteiger partial charge on any atom is -0.465 e. The molecule has 1 saturated carbocycles. The minimum absolute atomic E-state index is 0.0446.